The maximum atomic E-state index is 12.8. The molecule has 0 aliphatic heterocycles. The minimum atomic E-state index is -4.44. The molecule has 4 aromatic rings. The fraction of sp³-hybridized carbons (Fsp3) is 0.143. The van der Waals surface area contributed by atoms with E-state index < -0.39 is 17.6 Å². The second-order valence-corrected chi connectivity index (χ2v) is 6.72. The maximum absolute atomic E-state index is 12.8. The molecule has 0 atom stereocenters. The molecule has 158 valence electrons. The number of nitrogens with zero attached hydrogens (tertiary/aromatic N) is 4. The predicted molar refractivity (Wildman–Crippen MR) is 104 cm³/mol. The molecule has 0 aliphatic rings. The van der Waals surface area contributed by atoms with E-state index in [9.17, 15) is 18.0 Å². The molecule has 0 spiro atoms. The summed E-state index contributed by atoms with van der Waals surface area (Å²) in [5, 5.41) is 10.5. The number of carbonyl (C=O) groups is 1. The number of amides is 1. The summed E-state index contributed by atoms with van der Waals surface area (Å²) in [5.41, 5.74) is 1.46. The highest BCUT2D eigenvalue weighted by Gasteiger charge is 2.30. The van der Waals surface area contributed by atoms with Crippen molar-refractivity contribution in [2.45, 2.75) is 19.3 Å². The highest BCUT2D eigenvalue weighted by molar-refractivity contribution is 5.92. The molecule has 0 unspecified atom stereocenters. The lowest BCUT2D eigenvalue weighted by Gasteiger charge is -2.09. The zero-order chi connectivity index (χ0) is 21.8. The lowest BCUT2D eigenvalue weighted by Crippen LogP contribution is -2.23. The van der Waals surface area contributed by atoms with E-state index in [1.54, 1.807) is 23.3 Å². The van der Waals surface area contributed by atoms with Crippen molar-refractivity contribution in [2.75, 3.05) is 0 Å². The third-order valence-electron chi connectivity index (χ3n) is 4.46. The van der Waals surface area contributed by atoms with Crippen LogP contribution in [0.2, 0.25) is 0 Å². The predicted octanol–water partition coefficient (Wildman–Crippen LogP) is 3.93. The van der Waals surface area contributed by atoms with Gasteiger partial charge in [0.2, 0.25) is 0 Å². The molecule has 0 saturated heterocycles. The largest absolute Gasteiger partial charge is 0.416 e. The normalized spacial score (nSPS) is 11.5. The number of hydrogen-bond donors (Lipinski definition) is 1. The molecule has 0 aliphatic carbocycles. The molecule has 0 radical (unpaired) electrons. The van der Waals surface area contributed by atoms with Crippen molar-refractivity contribution < 1.29 is 22.5 Å². The Morgan fingerprint density at radius 2 is 1.90 bits per heavy atom. The molecule has 0 saturated carbocycles. The number of nitrogens with one attached hydrogen (secondary N) is 1. The monoisotopic (exact) mass is 427 g/mol. The van der Waals surface area contributed by atoms with E-state index in [0.717, 1.165) is 23.3 Å². The van der Waals surface area contributed by atoms with Crippen LogP contribution in [0.1, 0.15) is 27.4 Å². The lowest BCUT2D eigenvalue weighted by atomic mass is 10.1. The number of rotatable bonds is 6. The first-order valence-corrected chi connectivity index (χ1v) is 9.21. The van der Waals surface area contributed by atoms with Crippen molar-refractivity contribution in [1.29, 1.82) is 0 Å². The van der Waals surface area contributed by atoms with Crippen LogP contribution in [0.25, 0.3) is 11.1 Å². The first-order chi connectivity index (χ1) is 14.9. The molecule has 1 amide bonds. The quantitative estimate of drug-likeness (QED) is 0.504. The Morgan fingerprint density at radius 3 is 2.68 bits per heavy atom. The number of benzene rings is 1. The Morgan fingerprint density at radius 1 is 1.10 bits per heavy atom. The Labute approximate surface area is 174 Å². The van der Waals surface area contributed by atoms with E-state index in [2.05, 4.69) is 20.6 Å². The standard InChI is InChI=1S/C21H16F3N5O2/c22-21(23,24)17-3-1-2-14(8-17)10-26-20(30)19-9-18(31-28-19)13-29-12-16(11-27-29)15-4-6-25-7-5-15/h1-9,11-12H,10,13H2,(H,26,30). The van der Waals surface area contributed by atoms with Gasteiger partial charge in [0.25, 0.3) is 5.91 Å². The molecule has 0 bridgehead atoms. The summed E-state index contributed by atoms with van der Waals surface area (Å²) in [6.07, 6.45) is 2.46. The van der Waals surface area contributed by atoms with Crippen molar-refractivity contribution in [3.8, 4) is 11.1 Å². The lowest BCUT2D eigenvalue weighted by molar-refractivity contribution is -0.137. The summed E-state index contributed by atoms with van der Waals surface area (Å²) in [7, 11) is 0. The first kappa shape index (κ1) is 20.3. The van der Waals surface area contributed by atoms with Gasteiger partial charge in [0.1, 0.15) is 6.54 Å². The third-order valence-corrected chi connectivity index (χ3v) is 4.46. The molecule has 4 rings (SSSR count). The van der Waals surface area contributed by atoms with Crippen LogP contribution in [-0.2, 0) is 19.3 Å². The molecular weight excluding hydrogens is 411 g/mol. The Kier molecular flexibility index (Phi) is 5.52. The van der Waals surface area contributed by atoms with Crippen molar-refractivity contribution in [3.63, 3.8) is 0 Å². The van der Waals surface area contributed by atoms with E-state index in [1.165, 1.54) is 18.2 Å². The SMILES string of the molecule is O=C(NCc1cccc(C(F)(F)F)c1)c1cc(Cn2cc(-c3ccncc3)cn2)on1. The van der Waals surface area contributed by atoms with E-state index in [1.807, 2.05) is 18.3 Å². The van der Waals surface area contributed by atoms with Crippen LogP contribution in [0.4, 0.5) is 13.2 Å². The van der Waals surface area contributed by atoms with Crippen LogP contribution in [0.3, 0.4) is 0 Å². The van der Waals surface area contributed by atoms with Crippen LogP contribution in [0, 0.1) is 0 Å². The van der Waals surface area contributed by atoms with Crippen molar-refractivity contribution in [1.82, 2.24) is 25.2 Å². The van der Waals surface area contributed by atoms with Gasteiger partial charge < -0.3 is 9.84 Å². The fourth-order valence-electron chi connectivity index (χ4n) is 2.93. The van der Waals surface area contributed by atoms with E-state index in [-0.39, 0.29) is 18.8 Å². The first-order valence-electron chi connectivity index (χ1n) is 9.21. The summed E-state index contributed by atoms with van der Waals surface area (Å²) in [4.78, 5) is 16.2. The van der Waals surface area contributed by atoms with Gasteiger partial charge in [-0.05, 0) is 35.4 Å². The van der Waals surface area contributed by atoms with Gasteiger partial charge in [-0.2, -0.15) is 18.3 Å². The summed E-state index contributed by atoms with van der Waals surface area (Å²) < 4.78 is 45.2. The molecule has 3 heterocycles. The van der Waals surface area contributed by atoms with Crippen LogP contribution in [-0.4, -0.2) is 25.8 Å². The molecule has 7 nitrogen and oxygen atoms in total. The van der Waals surface area contributed by atoms with Crippen LogP contribution < -0.4 is 5.32 Å². The summed E-state index contributed by atoms with van der Waals surface area (Å²) in [6.45, 7) is 0.193. The fourth-order valence-corrected chi connectivity index (χ4v) is 2.93. The summed E-state index contributed by atoms with van der Waals surface area (Å²) in [5.74, 6) is -0.140. The minimum absolute atomic E-state index is 0.0310. The molecule has 1 aromatic carbocycles. The Hall–Kier alpha value is -3.95. The number of hydrogen-bond acceptors (Lipinski definition) is 5. The van der Waals surface area contributed by atoms with E-state index in [4.69, 9.17) is 4.52 Å². The van der Waals surface area contributed by atoms with Crippen molar-refractivity contribution in [3.05, 3.63) is 89.8 Å². The molecule has 1 N–H and O–H groups in total. The van der Waals surface area contributed by atoms with Gasteiger partial charge in [0.15, 0.2) is 11.5 Å². The van der Waals surface area contributed by atoms with Crippen molar-refractivity contribution >= 4 is 5.91 Å². The summed E-state index contributed by atoms with van der Waals surface area (Å²) >= 11 is 0. The van der Waals surface area contributed by atoms with Gasteiger partial charge in [0.05, 0.1) is 11.8 Å². The van der Waals surface area contributed by atoms with Gasteiger partial charge in [-0.15, -0.1) is 0 Å². The number of carbonyl (C=O) groups excluding carboxylic acids is 1. The van der Waals surface area contributed by atoms with Gasteiger partial charge in [-0.25, -0.2) is 0 Å². The average molecular weight is 427 g/mol. The summed E-state index contributed by atoms with van der Waals surface area (Å²) in [6, 6.07) is 9.96. The zero-order valence-corrected chi connectivity index (χ0v) is 16.0. The highest BCUT2D eigenvalue weighted by atomic mass is 19.4. The average Bonchev–Trinajstić information content (AvgIpc) is 3.42. The second kappa shape index (κ2) is 8.42. The number of halogens is 3. The molecular formula is C21H16F3N5O2. The van der Waals surface area contributed by atoms with Gasteiger partial charge in [-0.3, -0.25) is 14.5 Å². The third kappa shape index (κ3) is 4.97. The Bertz CT molecular complexity index is 1180. The highest BCUT2D eigenvalue weighted by Crippen LogP contribution is 2.29. The number of alkyl halides is 3. The smallest absolute Gasteiger partial charge is 0.359 e. The van der Waals surface area contributed by atoms with Crippen LogP contribution in [0.15, 0.2) is 71.8 Å². The minimum Gasteiger partial charge on any atom is -0.359 e. The number of aromatic nitrogens is 4. The number of pyridine rings is 1. The van der Waals surface area contributed by atoms with Crippen LogP contribution in [0.5, 0.6) is 0 Å². The van der Waals surface area contributed by atoms with Gasteiger partial charge in [0, 0.05) is 36.8 Å². The van der Waals surface area contributed by atoms with E-state index in [0.29, 0.717) is 11.3 Å². The van der Waals surface area contributed by atoms with Crippen molar-refractivity contribution in [2.24, 2.45) is 0 Å². The molecule has 0 fully saturated rings. The molecule has 10 heteroatoms. The van der Waals surface area contributed by atoms with Gasteiger partial charge >= 0.3 is 6.18 Å². The van der Waals surface area contributed by atoms with E-state index >= 15 is 0 Å². The van der Waals surface area contributed by atoms with Gasteiger partial charge in [-0.1, -0.05) is 17.3 Å². The second-order valence-electron chi connectivity index (χ2n) is 6.72. The maximum Gasteiger partial charge on any atom is 0.416 e. The molecule has 3 aromatic heterocycles. The van der Waals surface area contributed by atoms with Crippen LogP contribution >= 0.6 is 0 Å². The Balaban J connectivity index is 1.37. The molecule has 31 heavy (non-hydrogen) atoms. The zero-order valence-electron chi connectivity index (χ0n) is 16.0. The topological polar surface area (TPSA) is 85.8 Å².